The summed E-state index contributed by atoms with van der Waals surface area (Å²) in [7, 11) is 0. The molecule has 0 aliphatic carbocycles. The van der Waals surface area contributed by atoms with Crippen LogP contribution >= 0.6 is 12.6 Å². The lowest BCUT2D eigenvalue weighted by Gasteiger charge is -2.04. The third-order valence-electron chi connectivity index (χ3n) is 2.05. The number of allylic oxidation sites excluding steroid dienone is 3. The van der Waals surface area contributed by atoms with Crippen molar-refractivity contribution in [3.05, 3.63) is 47.1 Å². The number of aldehydes is 2. The Morgan fingerprint density at radius 2 is 1.62 bits per heavy atom. The van der Waals surface area contributed by atoms with Crippen LogP contribution in [0.5, 0.6) is 0 Å². The Kier molecular flexibility index (Phi) is 4.73. The number of hydrogen-bond donors (Lipinski definition) is 1. The van der Waals surface area contributed by atoms with E-state index in [0.29, 0.717) is 21.6 Å². The van der Waals surface area contributed by atoms with Gasteiger partial charge in [0.2, 0.25) is 0 Å². The Bertz CT molecular complexity index is 430. The van der Waals surface area contributed by atoms with Crippen LogP contribution in [0.2, 0.25) is 0 Å². The van der Waals surface area contributed by atoms with Crippen LogP contribution in [0.1, 0.15) is 33.2 Å². The van der Waals surface area contributed by atoms with E-state index in [-0.39, 0.29) is 0 Å². The highest BCUT2D eigenvalue weighted by Gasteiger charge is 2.06. The summed E-state index contributed by atoms with van der Waals surface area (Å²) in [6, 6.07) is 3.27. The summed E-state index contributed by atoms with van der Waals surface area (Å²) in [5, 5.41) is 0. The zero-order valence-electron chi connectivity index (χ0n) is 8.88. The lowest BCUT2D eigenvalue weighted by atomic mass is 10.0. The predicted molar refractivity (Wildman–Crippen MR) is 68.3 cm³/mol. The first-order valence-corrected chi connectivity index (χ1v) is 5.24. The van der Waals surface area contributed by atoms with Gasteiger partial charge in [0.15, 0.2) is 12.6 Å². The van der Waals surface area contributed by atoms with Gasteiger partial charge in [-0.15, -0.1) is 12.6 Å². The maximum atomic E-state index is 10.9. The van der Waals surface area contributed by atoms with Crippen molar-refractivity contribution in [2.24, 2.45) is 0 Å². The number of hydrogen-bond acceptors (Lipinski definition) is 3. The van der Waals surface area contributed by atoms with Crippen LogP contribution in [0.3, 0.4) is 0 Å². The molecule has 0 aromatic heterocycles. The van der Waals surface area contributed by atoms with Gasteiger partial charge in [-0.2, -0.15) is 0 Å². The molecule has 0 amide bonds. The first-order valence-electron chi connectivity index (χ1n) is 4.79. The fourth-order valence-electron chi connectivity index (χ4n) is 1.33. The lowest BCUT2D eigenvalue weighted by Crippen LogP contribution is -1.94. The first kappa shape index (κ1) is 12.5. The van der Waals surface area contributed by atoms with Crippen molar-refractivity contribution in [2.45, 2.75) is 11.8 Å². The smallest absolute Gasteiger partial charge is 0.150 e. The molecule has 1 aromatic carbocycles. The van der Waals surface area contributed by atoms with Crippen molar-refractivity contribution in [2.75, 3.05) is 0 Å². The second kappa shape index (κ2) is 6.08. The van der Waals surface area contributed by atoms with Gasteiger partial charge < -0.3 is 0 Å². The van der Waals surface area contributed by atoms with Crippen LogP contribution in [0, 0.1) is 0 Å². The van der Waals surface area contributed by atoms with Gasteiger partial charge >= 0.3 is 0 Å². The SMILES string of the molecule is CC=CC=Cc1c(C=O)cc(S)cc1C=O. The molecule has 0 bridgehead atoms. The highest BCUT2D eigenvalue weighted by atomic mass is 32.1. The Balaban J connectivity index is 3.32. The van der Waals surface area contributed by atoms with Gasteiger partial charge in [-0.1, -0.05) is 24.3 Å². The van der Waals surface area contributed by atoms with Gasteiger partial charge in [0.05, 0.1) is 0 Å². The molecule has 2 nitrogen and oxygen atoms in total. The zero-order valence-corrected chi connectivity index (χ0v) is 9.78. The average molecular weight is 232 g/mol. The Hall–Kier alpha value is -1.61. The van der Waals surface area contributed by atoms with Crippen LogP contribution in [0.4, 0.5) is 0 Å². The van der Waals surface area contributed by atoms with E-state index in [0.717, 1.165) is 12.6 Å². The van der Waals surface area contributed by atoms with Crippen LogP contribution < -0.4 is 0 Å². The largest absolute Gasteiger partial charge is 0.298 e. The maximum Gasteiger partial charge on any atom is 0.150 e. The summed E-state index contributed by atoms with van der Waals surface area (Å²) in [6.07, 6.45) is 8.67. The predicted octanol–water partition coefficient (Wildman–Crippen LogP) is 3.19. The Labute approximate surface area is 100 Å². The molecule has 82 valence electrons. The van der Waals surface area contributed by atoms with E-state index < -0.39 is 0 Å². The van der Waals surface area contributed by atoms with Crippen molar-refractivity contribution in [3.8, 4) is 0 Å². The van der Waals surface area contributed by atoms with Crippen molar-refractivity contribution in [1.29, 1.82) is 0 Å². The summed E-state index contributed by atoms with van der Waals surface area (Å²) >= 11 is 4.13. The minimum Gasteiger partial charge on any atom is -0.298 e. The van der Waals surface area contributed by atoms with Crippen LogP contribution in [0.25, 0.3) is 6.08 Å². The Morgan fingerprint density at radius 1 is 1.06 bits per heavy atom. The standard InChI is InChI=1S/C13H12O2S/c1-2-3-4-5-13-10(8-14)6-12(16)7-11(13)9-15/h2-9,16H,1H3. The zero-order chi connectivity index (χ0) is 12.0. The second-order valence-corrected chi connectivity index (χ2v) is 3.67. The molecule has 0 atom stereocenters. The monoisotopic (exact) mass is 232 g/mol. The van der Waals surface area contributed by atoms with E-state index in [1.165, 1.54) is 0 Å². The van der Waals surface area contributed by atoms with Crippen LogP contribution in [-0.4, -0.2) is 12.6 Å². The first-order chi connectivity index (χ1) is 7.72. The maximum absolute atomic E-state index is 10.9. The van der Waals surface area contributed by atoms with E-state index in [4.69, 9.17) is 0 Å². The number of carbonyl (C=O) groups excluding carboxylic acids is 2. The quantitative estimate of drug-likeness (QED) is 0.491. The molecular weight excluding hydrogens is 220 g/mol. The molecule has 0 radical (unpaired) electrons. The van der Waals surface area contributed by atoms with E-state index in [9.17, 15) is 9.59 Å². The fourth-order valence-corrected chi connectivity index (χ4v) is 1.61. The molecule has 1 aromatic rings. The number of rotatable bonds is 4. The fraction of sp³-hybridized carbons (Fsp3) is 0.0769. The molecule has 16 heavy (non-hydrogen) atoms. The highest BCUT2D eigenvalue weighted by molar-refractivity contribution is 7.80. The van der Waals surface area contributed by atoms with Crippen molar-refractivity contribution >= 4 is 31.3 Å². The van der Waals surface area contributed by atoms with Crippen molar-refractivity contribution < 1.29 is 9.59 Å². The van der Waals surface area contributed by atoms with E-state index in [1.807, 2.05) is 19.1 Å². The molecule has 0 aliphatic rings. The molecule has 0 spiro atoms. The molecule has 1 rings (SSSR count). The summed E-state index contributed by atoms with van der Waals surface area (Å²) in [5.41, 5.74) is 1.56. The number of carbonyl (C=O) groups is 2. The van der Waals surface area contributed by atoms with Gasteiger partial charge in [0.1, 0.15) is 0 Å². The van der Waals surface area contributed by atoms with Gasteiger partial charge in [-0.25, -0.2) is 0 Å². The van der Waals surface area contributed by atoms with Crippen molar-refractivity contribution in [3.63, 3.8) is 0 Å². The van der Waals surface area contributed by atoms with Gasteiger partial charge in [0.25, 0.3) is 0 Å². The molecule has 3 heteroatoms. The van der Waals surface area contributed by atoms with Gasteiger partial charge in [-0.05, 0) is 24.6 Å². The topological polar surface area (TPSA) is 34.1 Å². The molecule has 0 fully saturated rings. The summed E-state index contributed by atoms with van der Waals surface area (Å²) in [6.45, 7) is 1.89. The minimum absolute atomic E-state index is 0.468. The molecule has 0 saturated carbocycles. The summed E-state index contributed by atoms with van der Waals surface area (Å²) in [5.74, 6) is 0. The molecule has 0 unspecified atom stereocenters. The molecule has 0 saturated heterocycles. The molecular formula is C13H12O2S. The molecule has 0 aliphatic heterocycles. The van der Waals surface area contributed by atoms with Crippen molar-refractivity contribution in [1.82, 2.24) is 0 Å². The number of benzene rings is 1. The van der Waals surface area contributed by atoms with Gasteiger partial charge in [0, 0.05) is 16.0 Å². The van der Waals surface area contributed by atoms with E-state index >= 15 is 0 Å². The molecule has 0 N–H and O–H groups in total. The Morgan fingerprint density at radius 3 is 2.06 bits per heavy atom. The third-order valence-corrected chi connectivity index (χ3v) is 2.31. The van der Waals surface area contributed by atoms with E-state index in [1.54, 1.807) is 24.3 Å². The van der Waals surface area contributed by atoms with Gasteiger partial charge in [-0.3, -0.25) is 9.59 Å². The van der Waals surface area contributed by atoms with Crippen LogP contribution in [0.15, 0.2) is 35.3 Å². The summed E-state index contributed by atoms with van der Waals surface area (Å²) < 4.78 is 0. The normalized spacial score (nSPS) is 11.1. The van der Waals surface area contributed by atoms with Crippen LogP contribution in [-0.2, 0) is 0 Å². The third kappa shape index (κ3) is 2.94. The minimum atomic E-state index is 0.468. The molecule has 0 heterocycles. The highest BCUT2D eigenvalue weighted by Crippen LogP contribution is 2.19. The average Bonchev–Trinajstić information content (AvgIpc) is 2.30. The lowest BCUT2D eigenvalue weighted by molar-refractivity contribution is 0.112. The summed E-state index contributed by atoms with van der Waals surface area (Å²) in [4.78, 5) is 22.4. The number of thiol groups is 1. The van der Waals surface area contributed by atoms with E-state index in [2.05, 4.69) is 12.6 Å². The second-order valence-electron chi connectivity index (χ2n) is 3.16.